The Hall–Kier alpha value is -2.32. The van der Waals surface area contributed by atoms with E-state index >= 15 is 0 Å². The monoisotopic (exact) mass is 357 g/mol. The molecule has 0 unspecified atom stereocenters. The Balaban J connectivity index is 1.63. The van der Waals surface area contributed by atoms with E-state index < -0.39 is 10.0 Å². The van der Waals surface area contributed by atoms with Crippen molar-refractivity contribution in [2.75, 3.05) is 6.54 Å². The topological polar surface area (TPSA) is 81.0 Å². The molecule has 130 valence electrons. The van der Waals surface area contributed by atoms with Crippen molar-refractivity contribution in [1.29, 1.82) is 0 Å². The van der Waals surface area contributed by atoms with Gasteiger partial charge in [-0.05, 0) is 31.9 Å². The third kappa shape index (κ3) is 2.91. The van der Waals surface area contributed by atoms with Gasteiger partial charge in [0, 0.05) is 19.1 Å². The van der Waals surface area contributed by atoms with Gasteiger partial charge in [-0.15, -0.1) is 0 Å². The molecule has 7 nitrogen and oxygen atoms in total. The van der Waals surface area contributed by atoms with E-state index in [9.17, 15) is 8.42 Å². The first-order valence-corrected chi connectivity index (χ1v) is 9.69. The van der Waals surface area contributed by atoms with Gasteiger partial charge in [0.2, 0.25) is 10.0 Å². The second kappa shape index (κ2) is 6.20. The van der Waals surface area contributed by atoms with Gasteiger partial charge in [0.15, 0.2) is 5.65 Å². The van der Waals surface area contributed by atoms with Gasteiger partial charge in [0.05, 0.1) is 17.4 Å². The lowest BCUT2D eigenvalue weighted by molar-refractivity contribution is 0.354. The number of imidazole rings is 1. The van der Waals surface area contributed by atoms with E-state index in [1.54, 1.807) is 29.0 Å². The van der Waals surface area contributed by atoms with Gasteiger partial charge in [-0.2, -0.15) is 4.31 Å². The fourth-order valence-corrected chi connectivity index (χ4v) is 5.01. The highest BCUT2D eigenvalue weighted by Gasteiger charge is 2.35. The van der Waals surface area contributed by atoms with Crippen LogP contribution in [0.15, 0.2) is 48.0 Å². The predicted molar refractivity (Wildman–Crippen MR) is 93.4 cm³/mol. The van der Waals surface area contributed by atoms with E-state index in [1.165, 1.54) is 6.33 Å². The maximum atomic E-state index is 13.0. The third-order valence-corrected chi connectivity index (χ3v) is 6.61. The molecule has 1 saturated heterocycles. The largest absolute Gasteiger partial charge is 0.314 e. The first-order chi connectivity index (χ1) is 12.1. The number of hydrogen-bond acceptors (Lipinski definition) is 5. The highest BCUT2D eigenvalue weighted by atomic mass is 32.2. The van der Waals surface area contributed by atoms with Crippen LogP contribution in [0.5, 0.6) is 0 Å². The number of benzene rings is 1. The number of nitrogens with zero attached hydrogens (tertiary/aromatic N) is 5. The first kappa shape index (κ1) is 16.2. The molecule has 0 bridgehead atoms. The summed E-state index contributed by atoms with van der Waals surface area (Å²) in [6.07, 6.45) is 6.53. The summed E-state index contributed by atoms with van der Waals surface area (Å²) < 4.78 is 29.6. The van der Waals surface area contributed by atoms with Gasteiger partial charge in [-0.25, -0.2) is 23.4 Å². The number of rotatable bonds is 4. The average Bonchev–Trinajstić information content (AvgIpc) is 3.24. The maximum absolute atomic E-state index is 13.0. The number of aromatic nitrogens is 4. The van der Waals surface area contributed by atoms with Gasteiger partial charge in [0.1, 0.15) is 11.8 Å². The van der Waals surface area contributed by atoms with Crippen LogP contribution in [0.1, 0.15) is 18.4 Å². The molecule has 1 fully saturated rings. The average molecular weight is 357 g/mol. The molecule has 0 radical (unpaired) electrons. The molecule has 2 aromatic heterocycles. The van der Waals surface area contributed by atoms with Crippen LogP contribution in [-0.4, -0.2) is 44.8 Å². The fraction of sp³-hybridized carbons (Fsp3) is 0.353. The number of sulfonamides is 1. The van der Waals surface area contributed by atoms with Gasteiger partial charge in [-0.1, -0.05) is 17.7 Å². The summed E-state index contributed by atoms with van der Waals surface area (Å²) in [5.74, 6) is 0. The Morgan fingerprint density at radius 2 is 2.00 bits per heavy atom. The number of fused-ring (bicyclic) bond motifs is 1. The zero-order chi connectivity index (χ0) is 17.4. The Morgan fingerprint density at radius 1 is 1.20 bits per heavy atom. The highest BCUT2D eigenvalue weighted by molar-refractivity contribution is 7.89. The van der Waals surface area contributed by atoms with E-state index in [-0.39, 0.29) is 6.04 Å². The van der Waals surface area contributed by atoms with Crippen molar-refractivity contribution >= 4 is 21.2 Å². The van der Waals surface area contributed by atoms with Gasteiger partial charge in [0.25, 0.3) is 0 Å². The molecule has 1 aliphatic rings. The smallest absolute Gasteiger partial charge is 0.243 e. The van der Waals surface area contributed by atoms with Crippen molar-refractivity contribution in [3.63, 3.8) is 0 Å². The molecule has 0 amide bonds. The molecule has 25 heavy (non-hydrogen) atoms. The quantitative estimate of drug-likeness (QED) is 0.713. The minimum atomic E-state index is -3.49. The lowest BCUT2D eigenvalue weighted by Gasteiger charge is -2.24. The van der Waals surface area contributed by atoms with Crippen molar-refractivity contribution < 1.29 is 8.42 Å². The Morgan fingerprint density at radius 3 is 2.80 bits per heavy atom. The normalized spacial score (nSPS) is 18.8. The van der Waals surface area contributed by atoms with E-state index in [0.717, 1.165) is 24.1 Å². The molecule has 1 aromatic carbocycles. The van der Waals surface area contributed by atoms with Crippen LogP contribution in [0.25, 0.3) is 11.2 Å². The molecule has 0 N–H and O–H groups in total. The van der Waals surface area contributed by atoms with Gasteiger partial charge >= 0.3 is 0 Å². The summed E-state index contributed by atoms with van der Waals surface area (Å²) in [5.41, 5.74) is 2.49. The summed E-state index contributed by atoms with van der Waals surface area (Å²) in [6, 6.07) is 6.93. The standard InChI is InChI=1S/C17H19N5O2S/c1-13-4-6-15(7-5-13)25(23,24)22-8-2-3-14(22)10-21-12-20-16-9-18-11-19-17(16)21/h4-7,9,11-12,14H,2-3,8,10H2,1H3/t14-/m0/s1. The van der Waals surface area contributed by atoms with Crippen LogP contribution >= 0.6 is 0 Å². The lowest BCUT2D eigenvalue weighted by Crippen LogP contribution is -2.38. The molecular formula is C17H19N5O2S. The van der Waals surface area contributed by atoms with Crippen LogP contribution in [-0.2, 0) is 16.6 Å². The molecule has 1 aliphatic heterocycles. The molecule has 4 rings (SSSR count). The molecule has 3 heterocycles. The van der Waals surface area contributed by atoms with Crippen molar-refractivity contribution in [3.05, 3.63) is 48.7 Å². The minimum absolute atomic E-state index is 0.0985. The molecule has 3 aromatic rings. The summed E-state index contributed by atoms with van der Waals surface area (Å²) in [7, 11) is -3.49. The van der Waals surface area contributed by atoms with Crippen molar-refractivity contribution in [2.24, 2.45) is 0 Å². The summed E-state index contributed by atoms with van der Waals surface area (Å²) in [6.45, 7) is 3.03. The van der Waals surface area contributed by atoms with Crippen LogP contribution in [0.2, 0.25) is 0 Å². The van der Waals surface area contributed by atoms with E-state index in [4.69, 9.17) is 0 Å². The van der Waals surface area contributed by atoms with Gasteiger partial charge in [-0.3, -0.25) is 0 Å². The fourth-order valence-electron chi connectivity index (χ4n) is 3.33. The molecule has 1 atom stereocenters. The Kier molecular flexibility index (Phi) is 4.01. The molecule has 0 spiro atoms. The van der Waals surface area contributed by atoms with Crippen molar-refractivity contribution in [1.82, 2.24) is 23.8 Å². The first-order valence-electron chi connectivity index (χ1n) is 8.25. The second-order valence-electron chi connectivity index (χ2n) is 6.35. The SMILES string of the molecule is Cc1ccc(S(=O)(=O)N2CCC[C@H]2Cn2cnc3cncnc32)cc1. The van der Waals surface area contributed by atoms with E-state index in [1.807, 2.05) is 23.6 Å². The molecule has 0 saturated carbocycles. The zero-order valence-corrected chi connectivity index (χ0v) is 14.7. The van der Waals surface area contributed by atoms with Crippen LogP contribution in [0.3, 0.4) is 0 Å². The summed E-state index contributed by atoms with van der Waals surface area (Å²) >= 11 is 0. The van der Waals surface area contributed by atoms with E-state index in [0.29, 0.717) is 23.5 Å². The number of aryl methyl sites for hydroxylation is 1. The number of hydrogen-bond donors (Lipinski definition) is 0. The van der Waals surface area contributed by atoms with Crippen molar-refractivity contribution in [3.8, 4) is 0 Å². The van der Waals surface area contributed by atoms with E-state index in [2.05, 4.69) is 15.0 Å². The molecular weight excluding hydrogens is 338 g/mol. The summed E-state index contributed by atoms with van der Waals surface area (Å²) in [5, 5.41) is 0. The maximum Gasteiger partial charge on any atom is 0.243 e. The Labute approximate surface area is 146 Å². The Bertz CT molecular complexity index is 997. The van der Waals surface area contributed by atoms with Crippen LogP contribution in [0, 0.1) is 6.92 Å². The zero-order valence-electron chi connectivity index (χ0n) is 13.9. The predicted octanol–water partition coefficient (Wildman–Crippen LogP) is 1.99. The second-order valence-corrected chi connectivity index (χ2v) is 8.24. The molecule has 8 heteroatoms. The summed E-state index contributed by atoms with van der Waals surface area (Å²) in [4.78, 5) is 12.9. The molecule has 0 aliphatic carbocycles. The minimum Gasteiger partial charge on any atom is -0.314 e. The lowest BCUT2D eigenvalue weighted by atomic mass is 10.2. The van der Waals surface area contributed by atoms with Crippen molar-refractivity contribution in [2.45, 2.75) is 37.2 Å². The van der Waals surface area contributed by atoms with Gasteiger partial charge < -0.3 is 4.57 Å². The third-order valence-electron chi connectivity index (χ3n) is 4.64. The van der Waals surface area contributed by atoms with Crippen LogP contribution in [0.4, 0.5) is 0 Å². The van der Waals surface area contributed by atoms with Crippen LogP contribution < -0.4 is 0 Å². The highest BCUT2D eigenvalue weighted by Crippen LogP contribution is 2.27.